The van der Waals surface area contributed by atoms with Gasteiger partial charge in [0, 0.05) is 23.3 Å². The fourth-order valence-electron chi connectivity index (χ4n) is 3.95. The summed E-state index contributed by atoms with van der Waals surface area (Å²) >= 11 is 0. The molecule has 0 spiro atoms. The summed E-state index contributed by atoms with van der Waals surface area (Å²) in [5.41, 5.74) is 0.704. The molecule has 0 saturated carbocycles. The fraction of sp³-hybridized carbons (Fsp3) is 0.160. The first-order valence-corrected chi connectivity index (χ1v) is 10.3. The second-order valence-electron chi connectivity index (χ2n) is 7.76. The maximum atomic E-state index is 13.1. The van der Waals surface area contributed by atoms with Crippen molar-refractivity contribution >= 4 is 11.0 Å². The number of hydrogen-bond acceptors (Lipinski definition) is 9. The van der Waals surface area contributed by atoms with Gasteiger partial charge in [-0.3, -0.25) is 4.79 Å². The predicted octanol–water partition coefficient (Wildman–Crippen LogP) is 3.46. The Morgan fingerprint density at radius 3 is 2.38 bits per heavy atom. The normalized spacial score (nSPS) is 17.0. The molecule has 4 aromatic rings. The molecule has 2 atom stereocenters. The maximum Gasteiger partial charge on any atom is 0.204 e. The number of rotatable bonds is 4. The second kappa shape index (κ2) is 8.20. The lowest BCUT2D eigenvalue weighted by Crippen LogP contribution is -2.36. The third-order valence-corrected chi connectivity index (χ3v) is 5.62. The predicted molar refractivity (Wildman–Crippen MR) is 121 cm³/mol. The van der Waals surface area contributed by atoms with E-state index >= 15 is 0 Å². The van der Waals surface area contributed by atoms with Gasteiger partial charge in [0.2, 0.25) is 5.75 Å². The van der Waals surface area contributed by atoms with E-state index in [4.69, 9.17) is 18.6 Å². The number of benzene rings is 3. The highest BCUT2D eigenvalue weighted by atomic mass is 16.6. The molecule has 0 aliphatic carbocycles. The highest BCUT2D eigenvalue weighted by Crippen LogP contribution is 2.49. The lowest BCUT2D eigenvalue weighted by molar-refractivity contribution is -0.0130. The van der Waals surface area contributed by atoms with Gasteiger partial charge in [0.15, 0.2) is 40.6 Å². The molecule has 0 amide bonds. The first-order chi connectivity index (χ1) is 16.4. The molecule has 0 fully saturated rings. The van der Waals surface area contributed by atoms with Gasteiger partial charge in [0.25, 0.3) is 0 Å². The molecule has 5 rings (SSSR count). The van der Waals surface area contributed by atoms with Gasteiger partial charge in [0.05, 0.1) is 13.7 Å². The van der Waals surface area contributed by atoms with Gasteiger partial charge in [-0.2, -0.15) is 0 Å². The summed E-state index contributed by atoms with van der Waals surface area (Å²) in [6.07, 6.45) is -1.79. The summed E-state index contributed by atoms with van der Waals surface area (Å²) in [6.45, 7) is -0.445. The van der Waals surface area contributed by atoms with Gasteiger partial charge >= 0.3 is 0 Å². The average molecular weight is 464 g/mol. The number of aliphatic hydroxyl groups excluding tert-OH is 1. The van der Waals surface area contributed by atoms with Crippen molar-refractivity contribution in [1.29, 1.82) is 0 Å². The Kier molecular flexibility index (Phi) is 5.18. The number of aromatic hydroxyl groups is 3. The van der Waals surface area contributed by atoms with Crippen molar-refractivity contribution in [3.05, 3.63) is 70.4 Å². The lowest BCUT2D eigenvalue weighted by atomic mass is 10.0. The van der Waals surface area contributed by atoms with Crippen LogP contribution in [0.2, 0.25) is 0 Å². The minimum absolute atomic E-state index is 0.0252. The highest BCUT2D eigenvalue weighted by molar-refractivity contribution is 5.90. The van der Waals surface area contributed by atoms with Crippen LogP contribution in [0.15, 0.2) is 63.8 Å². The summed E-state index contributed by atoms with van der Waals surface area (Å²) in [5, 5.41) is 40.0. The number of methoxy groups -OCH3 is 1. The minimum atomic E-state index is -0.909. The minimum Gasteiger partial charge on any atom is -0.508 e. The molecule has 4 N–H and O–H groups in total. The van der Waals surface area contributed by atoms with E-state index < -0.39 is 24.2 Å². The van der Waals surface area contributed by atoms with Gasteiger partial charge < -0.3 is 39.1 Å². The largest absolute Gasteiger partial charge is 0.508 e. The van der Waals surface area contributed by atoms with Crippen molar-refractivity contribution in [3.8, 4) is 45.8 Å². The Morgan fingerprint density at radius 2 is 1.68 bits per heavy atom. The zero-order valence-electron chi connectivity index (χ0n) is 17.9. The molecule has 0 saturated heterocycles. The number of ether oxygens (including phenoxy) is 3. The summed E-state index contributed by atoms with van der Waals surface area (Å²) in [6, 6.07) is 13.2. The number of aliphatic hydroxyl groups is 1. The third kappa shape index (κ3) is 3.52. The van der Waals surface area contributed by atoms with Crippen LogP contribution in [0.25, 0.3) is 22.3 Å². The molecule has 1 aliphatic rings. The molecule has 1 aliphatic heterocycles. The number of hydrogen-bond donors (Lipinski definition) is 4. The number of phenols is 3. The van der Waals surface area contributed by atoms with Crippen LogP contribution in [0.3, 0.4) is 0 Å². The van der Waals surface area contributed by atoms with Gasteiger partial charge in [-0.25, -0.2) is 0 Å². The molecular formula is C25H20O9. The van der Waals surface area contributed by atoms with E-state index in [1.807, 2.05) is 0 Å². The van der Waals surface area contributed by atoms with Crippen LogP contribution in [-0.4, -0.2) is 40.2 Å². The Bertz CT molecular complexity index is 1440. The molecule has 0 radical (unpaired) electrons. The number of phenolic OH excluding ortho intramolecular Hbond substituents is 3. The van der Waals surface area contributed by atoms with E-state index in [0.29, 0.717) is 11.1 Å². The lowest BCUT2D eigenvalue weighted by Gasteiger charge is -2.34. The first-order valence-electron chi connectivity index (χ1n) is 10.3. The summed E-state index contributed by atoms with van der Waals surface area (Å²) in [4.78, 5) is 13.1. The summed E-state index contributed by atoms with van der Waals surface area (Å²) in [5.74, 6) is -0.00683. The molecule has 0 unspecified atom stereocenters. The molecule has 2 heterocycles. The SMILES string of the molecule is COc1cc([C@H]2Oc3c(c(O)cc4oc(-c5ccc(O)cc5)cc(=O)c34)O[C@@H]2CO)ccc1O. The Balaban J connectivity index is 1.66. The van der Waals surface area contributed by atoms with Crippen LogP contribution in [0.5, 0.6) is 34.5 Å². The van der Waals surface area contributed by atoms with Gasteiger partial charge in [-0.05, 0) is 36.4 Å². The Morgan fingerprint density at radius 1 is 0.912 bits per heavy atom. The average Bonchev–Trinajstić information content (AvgIpc) is 2.83. The summed E-state index contributed by atoms with van der Waals surface area (Å²) in [7, 11) is 1.40. The van der Waals surface area contributed by atoms with Crippen molar-refractivity contribution < 1.29 is 39.1 Å². The van der Waals surface area contributed by atoms with Crippen LogP contribution in [0.4, 0.5) is 0 Å². The van der Waals surface area contributed by atoms with Crippen molar-refractivity contribution in [2.45, 2.75) is 12.2 Å². The van der Waals surface area contributed by atoms with Crippen LogP contribution >= 0.6 is 0 Å². The fourth-order valence-corrected chi connectivity index (χ4v) is 3.95. The molecule has 3 aromatic carbocycles. The number of fused-ring (bicyclic) bond motifs is 3. The van der Waals surface area contributed by atoms with E-state index in [1.165, 1.54) is 43.5 Å². The van der Waals surface area contributed by atoms with E-state index in [0.717, 1.165) is 0 Å². The highest BCUT2D eigenvalue weighted by Gasteiger charge is 2.37. The van der Waals surface area contributed by atoms with E-state index in [2.05, 4.69) is 0 Å². The zero-order valence-corrected chi connectivity index (χ0v) is 17.9. The van der Waals surface area contributed by atoms with Gasteiger partial charge in [-0.1, -0.05) is 6.07 Å². The maximum absolute atomic E-state index is 13.1. The molecule has 174 valence electrons. The molecular weight excluding hydrogens is 444 g/mol. The van der Waals surface area contributed by atoms with E-state index in [9.17, 15) is 25.2 Å². The first kappa shape index (κ1) is 21.5. The third-order valence-electron chi connectivity index (χ3n) is 5.62. The topological polar surface area (TPSA) is 139 Å². The standard InChI is InChI=1S/C25H20O9/c1-31-19-8-13(4-7-15(19)28)23-21(11-26)33-24-17(30)10-20-22(25(24)34-23)16(29)9-18(32-20)12-2-5-14(27)6-3-12/h2-10,21,23,26-28,30H,11H2,1H3/t21-,23-/m1/s1. The van der Waals surface area contributed by atoms with Gasteiger partial charge in [0.1, 0.15) is 22.5 Å². The molecule has 34 heavy (non-hydrogen) atoms. The van der Waals surface area contributed by atoms with Crippen molar-refractivity contribution in [2.24, 2.45) is 0 Å². The molecule has 9 heteroatoms. The monoisotopic (exact) mass is 464 g/mol. The Labute approximate surface area is 192 Å². The Hall–Kier alpha value is -4.37. The van der Waals surface area contributed by atoms with Crippen molar-refractivity contribution in [1.82, 2.24) is 0 Å². The molecule has 1 aromatic heterocycles. The summed E-state index contributed by atoms with van der Waals surface area (Å²) < 4.78 is 23.0. The van der Waals surface area contributed by atoms with Crippen molar-refractivity contribution in [3.63, 3.8) is 0 Å². The smallest absolute Gasteiger partial charge is 0.204 e. The van der Waals surface area contributed by atoms with Crippen LogP contribution in [-0.2, 0) is 0 Å². The quantitative estimate of drug-likeness (QED) is 0.358. The van der Waals surface area contributed by atoms with E-state index in [1.54, 1.807) is 18.2 Å². The van der Waals surface area contributed by atoms with Crippen molar-refractivity contribution in [2.75, 3.05) is 13.7 Å². The zero-order chi connectivity index (χ0) is 24.0. The van der Waals surface area contributed by atoms with Crippen LogP contribution in [0, 0.1) is 0 Å². The molecule has 9 nitrogen and oxygen atoms in total. The van der Waals surface area contributed by atoms with Gasteiger partial charge in [-0.15, -0.1) is 0 Å². The van der Waals surface area contributed by atoms with Crippen LogP contribution < -0.4 is 19.6 Å². The second-order valence-corrected chi connectivity index (χ2v) is 7.76. The molecule has 0 bridgehead atoms. The van der Waals surface area contributed by atoms with Crippen LogP contribution in [0.1, 0.15) is 11.7 Å². The van der Waals surface area contributed by atoms with E-state index in [-0.39, 0.29) is 51.2 Å².